The van der Waals surface area contributed by atoms with Crippen molar-refractivity contribution in [3.8, 4) is 5.75 Å². The molecule has 4 aromatic rings. The van der Waals surface area contributed by atoms with Gasteiger partial charge in [-0.25, -0.2) is 9.29 Å². The highest BCUT2D eigenvalue weighted by Gasteiger charge is 2.70. The summed E-state index contributed by atoms with van der Waals surface area (Å²) in [5, 5.41) is 30.0. The summed E-state index contributed by atoms with van der Waals surface area (Å²) in [5.74, 6) is -7.88. The van der Waals surface area contributed by atoms with E-state index in [0.29, 0.717) is 21.7 Å². The van der Waals surface area contributed by atoms with Crippen molar-refractivity contribution in [1.82, 2.24) is 0 Å². The summed E-state index contributed by atoms with van der Waals surface area (Å²) >= 11 is 6.34. The van der Waals surface area contributed by atoms with Crippen molar-refractivity contribution in [2.75, 3.05) is 9.80 Å². The summed E-state index contributed by atoms with van der Waals surface area (Å²) in [6, 6.07) is 25.1. The van der Waals surface area contributed by atoms with Crippen LogP contribution in [0.5, 0.6) is 5.75 Å². The van der Waals surface area contributed by atoms with Crippen molar-refractivity contribution in [1.29, 1.82) is 0 Å². The molecule has 2 aliphatic carbocycles. The summed E-state index contributed by atoms with van der Waals surface area (Å²) in [6.07, 6.45) is 2.04. The molecule has 1 saturated carbocycles. The number of imide groups is 2. The molecule has 0 radical (unpaired) electrons. The molecule has 6 atom stereocenters. The minimum absolute atomic E-state index is 0.0445. The molecule has 9 nitrogen and oxygen atoms in total. The van der Waals surface area contributed by atoms with Crippen LogP contribution in [0.4, 0.5) is 15.8 Å². The normalized spacial score (nSPS) is 27.2. The summed E-state index contributed by atoms with van der Waals surface area (Å²) in [7, 11) is -1.82. The molecule has 2 aliphatic heterocycles. The number of hydrogen-bond acceptors (Lipinski definition) is 7. The van der Waals surface area contributed by atoms with E-state index in [0.717, 1.165) is 15.9 Å². The zero-order valence-electron chi connectivity index (χ0n) is 26.3. The molecule has 2 heterocycles. The van der Waals surface area contributed by atoms with Crippen LogP contribution >= 0.6 is 11.6 Å². The summed E-state index contributed by atoms with van der Waals surface area (Å²) < 4.78 is 15.3. The smallest absolute Gasteiger partial charge is 0.488 e. The highest BCUT2D eigenvalue weighted by atomic mass is 35.5. The zero-order valence-corrected chi connectivity index (χ0v) is 27.1. The average molecular weight is 691 g/mol. The van der Waals surface area contributed by atoms with Gasteiger partial charge in [-0.05, 0) is 77.8 Å². The van der Waals surface area contributed by atoms with E-state index in [4.69, 9.17) is 11.6 Å². The molecule has 12 heteroatoms. The van der Waals surface area contributed by atoms with Gasteiger partial charge in [-0.2, -0.15) is 0 Å². The predicted molar refractivity (Wildman–Crippen MR) is 183 cm³/mol. The Morgan fingerprint density at radius 2 is 1.50 bits per heavy atom. The summed E-state index contributed by atoms with van der Waals surface area (Å²) in [4.78, 5) is 60.5. The fraction of sp³-hybridized carbons (Fsp3) is 0.211. The maximum Gasteiger partial charge on any atom is 0.488 e. The number of carbonyl (C=O) groups excluding carboxylic acids is 4. The van der Waals surface area contributed by atoms with Crippen LogP contribution in [-0.2, 0) is 24.6 Å². The predicted octanol–water partition coefficient (Wildman–Crippen LogP) is 4.23. The van der Waals surface area contributed by atoms with Crippen molar-refractivity contribution in [2.45, 2.75) is 24.2 Å². The topological polar surface area (TPSA) is 135 Å². The maximum atomic E-state index is 15.3. The zero-order chi connectivity index (χ0) is 35.1. The number of halogens is 2. The number of carbonyl (C=O) groups is 4. The number of nitrogens with zero attached hydrogens (tertiary/aromatic N) is 2. The Bertz CT molecular complexity index is 2140. The second-order valence-corrected chi connectivity index (χ2v) is 13.7. The van der Waals surface area contributed by atoms with Crippen LogP contribution in [0.3, 0.4) is 0 Å². The lowest BCUT2D eigenvalue weighted by molar-refractivity contribution is -0.127. The highest BCUT2D eigenvalue weighted by molar-refractivity contribution is 6.58. The van der Waals surface area contributed by atoms with Crippen molar-refractivity contribution >= 4 is 59.2 Å². The standard InChI is InChI=1S/C38H29BClFN2O7/c40-23-9-5-11-25(18-23)43-35(46)29-19-28-26(13-14-27-32(28)36(47)42(34(27)45)24-10-4-8-22(17-24)39(49)50)33(20-12-15-31(44)30(41)16-20)38(29,37(43)48)21-6-2-1-3-7-21/h1-13,15-18,27-29,32-33,44,49-50H,14,19H2/t27-,28+,29-,32-,33-,38+/m0/s1. The molecular formula is C38H29BClFN2O7. The van der Waals surface area contributed by atoms with Gasteiger partial charge in [0.25, 0.3) is 0 Å². The quantitative estimate of drug-likeness (QED) is 0.162. The van der Waals surface area contributed by atoms with Gasteiger partial charge in [0.15, 0.2) is 11.6 Å². The number of fused-ring (bicyclic) bond motifs is 4. The van der Waals surface area contributed by atoms with Crippen LogP contribution in [0.2, 0.25) is 5.02 Å². The van der Waals surface area contributed by atoms with Gasteiger partial charge in [-0.3, -0.25) is 24.1 Å². The second-order valence-electron chi connectivity index (χ2n) is 13.3. The monoisotopic (exact) mass is 690 g/mol. The Labute approximate surface area is 291 Å². The van der Waals surface area contributed by atoms with Crippen LogP contribution in [0.1, 0.15) is 29.9 Å². The van der Waals surface area contributed by atoms with Gasteiger partial charge >= 0.3 is 7.12 Å². The first-order chi connectivity index (χ1) is 24.0. The average Bonchev–Trinajstić information content (AvgIpc) is 3.50. The van der Waals surface area contributed by atoms with Gasteiger partial charge in [0, 0.05) is 10.9 Å². The fourth-order valence-electron chi connectivity index (χ4n) is 8.90. The molecule has 3 N–H and O–H groups in total. The van der Waals surface area contributed by atoms with E-state index in [1.807, 2.05) is 6.08 Å². The number of anilines is 2. The van der Waals surface area contributed by atoms with Crippen molar-refractivity contribution in [3.05, 3.63) is 131 Å². The lowest BCUT2D eigenvalue weighted by Crippen LogP contribution is -2.53. The van der Waals surface area contributed by atoms with Gasteiger partial charge in [-0.1, -0.05) is 77.8 Å². The Kier molecular flexibility index (Phi) is 7.56. The Hall–Kier alpha value is -5.10. The molecule has 0 aromatic heterocycles. The van der Waals surface area contributed by atoms with E-state index >= 15 is 9.18 Å². The van der Waals surface area contributed by atoms with Crippen LogP contribution < -0.4 is 15.3 Å². The first-order valence-electron chi connectivity index (χ1n) is 16.3. The third kappa shape index (κ3) is 4.53. The van der Waals surface area contributed by atoms with E-state index in [2.05, 4.69) is 0 Å². The van der Waals surface area contributed by atoms with Crippen LogP contribution in [0, 0.1) is 29.5 Å². The number of hydrogen-bond donors (Lipinski definition) is 3. The van der Waals surface area contributed by atoms with Gasteiger partial charge in [0.1, 0.15) is 0 Å². The molecular weight excluding hydrogens is 662 g/mol. The van der Waals surface area contributed by atoms with Gasteiger partial charge in [-0.15, -0.1) is 0 Å². The van der Waals surface area contributed by atoms with E-state index in [1.54, 1.807) is 54.6 Å². The number of benzene rings is 4. The molecule has 2 saturated heterocycles. The molecule has 8 rings (SSSR count). The van der Waals surface area contributed by atoms with E-state index in [9.17, 15) is 29.5 Å². The summed E-state index contributed by atoms with van der Waals surface area (Å²) in [6.45, 7) is 0. The molecule has 0 spiro atoms. The second kappa shape index (κ2) is 11.8. The number of amides is 4. The maximum absolute atomic E-state index is 15.3. The minimum Gasteiger partial charge on any atom is -0.505 e. The number of allylic oxidation sites excluding steroid dienone is 2. The number of phenolic OH excluding ortho intramolecular Hbond substituents is 1. The molecule has 4 aromatic carbocycles. The van der Waals surface area contributed by atoms with E-state index in [1.165, 1.54) is 36.4 Å². The Morgan fingerprint density at radius 3 is 2.20 bits per heavy atom. The molecule has 0 unspecified atom stereocenters. The van der Waals surface area contributed by atoms with Gasteiger partial charge < -0.3 is 15.2 Å². The minimum atomic E-state index is -1.82. The third-order valence-electron chi connectivity index (χ3n) is 10.9. The van der Waals surface area contributed by atoms with E-state index < -0.39 is 77.3 Å². The number of rotatable bonds is 5. The molecule has 0 bridgehead atoms. The van der Waals surface area contributed by atoms with Crippen LogP contribution in [-0.4, -0.2) is 45.9 Å². The lowest BCUT2D eigenvalue weighted by Gasteiger charge is -2.50. The molecule has 50 heavy (non-hydrogen) atoms. The number of aromatic hydroxyl groups is 1. The molecule has 4 amide bonds. The van der Waals surface area contributed by atoms with Crippen molar-refractivity contribution < 1.29 is 38.7 Å². The molecule has 3 fully saturated rings. The van der Waals surface area contributed by atoms with Crippen molar-refractivity contribution in [2.24, 2.45) is 23.7 Å². The highest BCUT2D eigenvalue weighted by Crippen LogP contribution is 2.64. The lowest BCUT2D eigenvalue weighted by atomic mass is 9.49. The third-order valence-corrected chi connectivity index (χ3v) is 11.1. The SMILES string of the molecule is O=C1[C@H]2[C@H](CC=C3[C@H]2C[C@H]2C(=O)N(c4cccc(Cl)c4)C(=O)[C@@]2(c2ccccc2)[C@H]3c2ccc(O)c(F)c2)C(=O)N1c1cccc(B(O)O)c1. The Morgan fingerprint density at radius 1 is 0.780 bits per heavy atom. The van der Waals surface area contributed by atoms with Gasteiger partial charge in [0.05, 0.1) is 34.5 Å². The summed E-state index contributed by atoms with van der Waals surface area (Å²) in [5.41, 5.74) is 0.467. The first kappa shape index (κ1) is 32.1. The first-order valence-corrected chi connectivity index (χ1v) is 16.6. The molecule has 4 aliphatic rings. The van der Waals surface area contributed by atoms with Gasteiger partial charge in [0.2, 0.25) is 23.6 Å². The fourth-order valence-corrected chi connectivity index (χ4v) is 9.08. The van der Waals surface area contributed by atoms with Crippen LogP contribution in [0.25, 0.3) is 0 Å². The largest absolute Gasteiger partial charge is 0.505 e. The van der Waals surface area contributed by atoms with Crippen molar-refractivity contribution in [3.63, 3.8) is 0 Å². The Balaban J connectivity index is 1.34. The number of phenols is 1. The van der Waals surface area contributed by atoms with Crippen LogP contribution in [0.15, 0.2) is 109 Å². The van der Waals surface area contributed by atoms with E-state index in [-0.39, 0.29) is 29.7 Å². The molecule has 250 valence electrons.